The molecule has 0 aliphatic carbocycles. The first-order valence-electron chi connectivity index (χ1n) is 9.79. The van der Waals surface area contributed by atoms with Crippen molar-refractivity contribution in [2.75, 3.05) is 0 Å². The highest BCUT2D eigenvalue weighted by Gasteiger charge is 2.19. The predicted octanol–water partition coefficient (Wildman–Crippen LogP) is 4.69. The Balaban J connectivity index is 1.60. The van der Waals surface area contributed by atoms with Crippen LogP contribution in [-0.4, -0.2) is 26.1 Å². The molecule has 156 valence electrons. The molecule has 6 nitrogen and oxygen atoms in total. The number of aromatic amines is 1. The Labute approximate surface area is 178 Å². The molecule has 2 aromatic carbocycles. The number of H-pyrrole nitrogens is 1. The number of furan rings is 1. The van der Waals surface area contributed by atoms with E-state index in [1.165, 1.54) is 18.5 Å². The molecule has 0 saturated carbocycles. The van der Waals surface area contributed by atoms with E-state index in [1.807, 2.05) is 36.4 Å². The lowest BCUT2D eigenvalue weighted by atomic mass is 10.0. The van der Waals surface area contributed by atoms with Crippen LogP contribution in [-0.2, 0) is 19.3 Å². The van der Waals surface area contributed by atoms with E-state index in [4.69, 9.17) is 4.42 Å². The Morgan fingerprint density at radius 2 is 1.84 bits per heavy atom. The van der Waals surface area contributed by atoms with Gasteiger partial charge in [-0.05, 0) is 42.2 Å². The molecule has 31 heavy (non-hydrogen) atoms. The fourth-order valence-corrected chi connectivity index (χ4v) is 3.28. The van der Waals surface area contributed by atoms with Crippen molar-refractivity contribution in [3.05, 3.63) is 113 Å². The molecular weight excluding hydrogens is 397 g/mol. The molecule has 0 saturated heterocycles. The number of carbonyl (C=O) groups excluding carboxylic acids is 1. The monoisotopic (exact) mass is 417 g/mol. The number of aromatic nitrogens is 3. The zero-order chi connectivity index (χ0) is 21.6. The molecule has 0 atom stereocenters. The van der Waals surface area contributed by atoms with Crippen molar-refractivity contribution in [3.63, 3.8) is 0 Å². The molecule has 0 amide bonds. The van der Waals surface area contributed by atoms with Gasteiger partial charge in [-0.3, -0.25) is 9.89 Å². The molecule has 0 aliphatic heterocycles. The molecule has 7 heteroatoms. The zero-order valence-electron chi connectivity index (χ0n) is 16.6. The molecule has 0 fully saturated rings. The van der Waals surface area contributed by atoms with Gasteiger partial charge in [0, 0.05) is 18.1 Å². The maximum Gasteiger partial charge on any atom is 0.225 e. The van der Waals surface area contributed by atoms with Crippen LogP contribution in [0, 0.1) is 5.82 Å². The highest BCUT2D eigenvalue weighted by Crippen LogP contribution is 2.23. The zero-order valence-corrected chi connectivity index (χ0v) is 16.6. The van der Waals surface area contributed by atoms with Crippen LogP contribution in [0.1, 0.15) is 38.8 Å². The summed E-state index contributed by atoms with van der Waals surface area (Å²) >= 11 is 0. The Bertz CT molecular complexity index is 1180. The minimum Gasteiger partial charge on any atom is -0.504 e. The van der Waals surface area contributed by atoms with E-state index in [9.17, 15) is 14.3 Å². The highest BCUT2D eigenvalue weighted by atomic mass is 19.1. The largest absolute Gasteiger partial charge is 0.504 e. The van der Waals surface area contributed by atoms with Crippen molar-refractivity contribution in [1.82, 2.24) is 15.2 Å². The fraction of sp³-hybridized carbons (Fsp3) is 0.125. The molecule has 2 heterocycles. The number of carbonyl (C=O) groups is 1. The number of aliphatic hydroxyl groups is 1. The van der Waals surface area contributed by atoms with Crippen LogP contribution in [0.5, 0.6) is 0 Å². The summed E-state index contributed by atoms with van der Waals surface area (Å²) in [7, 11) is 0. The second-order valence-corrected chi connectivity index (χ2v) is 7.07. The van der Waals surface area contributed by atoms with Gasteiger partial charge in [-0.25, -0.2) is 9.37 Å². The van der Waals surface area contributed by atoms with Gasteiger partial charge < -0.3 is 9.52 Å². The van der Waals surface area contributed by atoms with Crippen LogP contribution in [0.3, 0.4) is 0 Å². The quantitative estimate of drug-likeness (QED) is 0.246. The topological polar surface area (TPSA) is 92.0 Å². The number of aliphatic hydroxyl groups excluding tert-OH is 1. The van der Waals surface area contributed by atoms with Crippen molar-refractivity contribution in [3.8, 4) is 0 Å². The van der Waals surface area contributed by atoms with Gasteiger partial charge in [0.05, 0.1) is 0 Å². The van der Waals surface area contributed by atoms with E-state index in [0.717, 1.165) is 29.2 Å². The van der Waals surface area contributed by atoms with Gasteiger partial charge in [-0.15, -0.1) is 0 Å². The SMILES string of the molecule is O=C(C=C(O)c1nc[nH]n1)c1oc(Cc2ccc(F)cc2)cc1CCc1ccccc1. The van der Waals surface area contributed by atoms with E-state index >= 15 is 0 Å². The lowest BCUT2D eigenvalue weighted by molar-refractivity contribution is 0.101. The molecule has 2 aromatic heterocycles. The molecule has 0 aliphatic rings. The average Bonchev–Trinajstić information content (AvgIpc) is 3.45. The minimum absolute atomic E-state index is 0.0253. The summed E-state index contributed by atoms with van der Waals surface area (Å²) in [6.45, 7) is 0. The van der Waals surface area contributed by atoms with Crippen LogP contribution in [0.2, 0.25) is 0 Å². The number of hydrogen-bond acceptors (Lipinski definition) is 5. The van der Waals surface area contributed by atoms with E-state index in [0.29, 0.717) is 18.6 Å². The van der Waals surface area contributed by atoms with Crippen LogP contribution >= 0.6 is 0 Å². The minimum atomic E-state index is -0.476. The third-order valence-corrected chi connectivity index (χ3v) is 4.81. The molecule has 4 rings (SSSR count). The predicted molar refractivity (Wildman–Crippen MR) is 113 cm³/mol. The molecule has 0 radical (unpaired) electrons. The van der Waals surface area contributed by atoms with Gasteiger partial charge in [-0.2, -0.15) is 5.10 Å². The molecule has 0 spiro atoms. The smallest absolute Gasteiger partial charge is 0.225 e. The van der Waals surface area contributed by atoms with Crippen molar-refractivity contribution < 1.29 is 18.7 Å². The lowest BCUT2D eigenvalue weighted by Gasteiger charge is -2.01. The maximum atomic E-state index is 13.2. The van der Waals surface area contributed by atoms with Crippen LogP contribution in [0.4, 0.5) is 4.39 Å². The molecule has 0 unspecified atom stereocenters. The second-order valence-electron chi connectivity index (χ2n) is 7.07. The van der Waals surface area contributed by atoms with Crippen molar-refractivity contribution in [1.29, 1.82) is 0 Å². The number of allylic oxidation sites excluding steroid dienone is 1. The van der Waals surface area contributed by atoms with Gasteiger partial charge >= 0.3 is 0 Å². The second kappa shape index (κ2) is 9.21. The summed E-state index contributed by atoms with van der Waals surface area (Å²) in [5.41, 5.74) is 2.74. The number of ketones is 1. The molecule has 2 N–H and O–H groups in total. The maximum absolute atomic E-state index is 13.2. The van der Waals surface area contributed by atoms with Gasteiger partial charge in [0.1, 0.15) is 17.9 Å². The fourth-order valence-electron chi connectivity index (χ4n) is 3.28. The standard InChI is InChI=1S/C24H20FN3O3/c25-19-10-7-17(8-11-19)12-20-13-18(9-6-16-4-2-1-3-5-16)23(31-20)21(29)14-22(30)24-26-15-27-28-24/h1-5,7-8,10-11,13-15,30H,6,9,12H2,(H,26,27,28). The normalized spacial score (nSPS) is 11.6. The Hall–Kier alpha value is -4.00. The summed E-state index contributed by atoms with van der Waals surface area (Å²) in [5, 5.41) is 16.4. The number of rotatable bonds is 8. The van der Waals surface area contributed by atoms with Crippen molar-refractivity contribution >= 4 is 11.5 Å². The van der Waals surface area contributed by atoms with Crippen LogP contribution in [0.15, 0.2) is 77.5 Å². The van der Waals surface area contributed by atoms with E-state index < -0.39 is 5.78 Å². The Morgan fingerprint density at radius 3 is 2.55 bits per heavy atom. The summed E-state index contributed by atoms with van der Waals surface area (Å²) < 4.78 is 19.1. The molecular formula is C24H20FN3O3. The highest BCUT2D eigenvalue weighted by molar-refractivity contribution is 6.06. The summed E-state index contributed by atoms with van der Waals surface area (Å²) in [5.74, 6) is -0.362. The van der Waals surface area contributed by atoms with Crippen LogP contribution < -0.4 is 0 Å². The first-order chi connectivity index (χ1) is 15.1. The number of nitrogens with zero attached hydrogens (tertiary/aromatic N) is 2. The van der Waals surface area contributed by atoms with Crippen molar-refractivity contribution in [2.45, 2.75) is 19.3 Å². The van der Waals surface area contributed by atoms with Gasteiger partial charge in [0.2, 0.25) is 11.6 Å². The number of aryl methyl sites for hydroxylation is 2. The molecule has 4 aromatic rings. The van der Waals surface area contributed by atoms with Gasteiger partial charge in [0.25, 0.3) is 0 Å². The first-order valence-corrected chi connectivity index (χ1v) is 9.79. The van der Waals surface area contributed by atoms with Gasteiger partial charge in [-0.1, -0.05) is 42.5 Å². The summed E-state index contributed by atoms with van der Waals surface area (Å²) in [6, 6.07) is 17.9. The van der Waals surface area contributed by atoms with E-state index in [-0.39, 0.29) is 23.2 Å². The van der Waals surface area contributed by atoms with E-state index in [1.54, 1.807) is 12.1 Å². The third kappa shape index (κ3) is 5.14. The Morgan fingerprint density at radius 1 is 1.06 bits per heavy atom. The van der Waals surface area contributed by atoms with Crippen molar-refractivity contribution in [2.24, 2.45) is 0 Å². The third-order valence-electron chi connectivity index (χ3n) is 4.81. The number of nitrogens with one attached hydrogen (secondary N) is 1. The first kappa shape index (κ1) is 20.3. The number of benzene rings is 2. The lowest BCUT2D eigenvalue weighted by Crippen LogP contribution is -2.01. The average molecular weight is 417 g/mol. The summed E-state index contributed by atoms with van der Waals surface area (Å²) in [4.78, 5) is 16.7. The number of halogens is 1. The Kier molecular flexibility index (Phi) is 6.03. The van der Waals surface area contributed by atoms with Crippen LogP contribution in [0.25, 0.3) is 5.76 Å². The van der Waals surface area contributed by atoms with Gasteiger partial charge in [0.15, 0.2) is 11.5 Å². The molecule has 0 bridgehead atoms. The van der Waals surface area contributed by atoms with E-state index in [2.05, 4.69) is 15.2 Å². The number of hydrogen-bond donors (Lipinski definition) is 2. The summed E-state index contributed by atoms with van der Waals surface area (Å²) in [6.07, 6.45) is 4.10.